The van der Waals surface area contributed by atoms with Gasteiger partial charge < -0.3 is 5.32 Å². The van der Waals surface area contributed by atoms with Gasteiger partial charge in [-0.15, -0.1) is 0 Å². The van der Waals surface area contributed by atoms with Gasteiger partial charge in [0.15, 0.2) is 0 Å². The van der Waals surface area contributed by atoms with Crippen LogP contribution in [-0.4, -0.2) is 15.7 Å². The Morgan fingerprint density at radius 1 is 1.23 bits per heavy atom. The summed E-state index contributed by atoms with van der Waals surface area (Å²) in [6.07, 6.45) is 2.13. The van der Waals surface area contributed by atoms with Gasteiger partial charge in [0.1, 0.15) is 0 Å². The van der Waals surface area contributed by atoms with Crippen LogP contribution in [0.1, 0.15) is 12.0 Å². The molecular formula is C17H16ClN3O. The summed E-state index contributed by atoms with van der Waals surface area (Å²) < 4.78 is 1.82. The Kier molecular flexibility index (Phi) is 4.11. The Bertz CT molecular complexity index is 808. The van der Waals surface area contributed by atoms with Crippen LogP contribution in [-0.2, 0) is 11.3 Å². The van der Waals surface area contributed by atoms with Crippen LogP contribution in [0, 0.1) is 6.92 Å². The third-order valence-electron chi connectivity index (χ3n) is 3.49. The Morgan fingerprint density at radius 3 is 2.77 bits per heavy atom. The van der Waals surface area contributed by atoms with Crippen molar-refractivity contribution in [3.63, 3.8) is 0 Å². The largest absolute Gasteiger partial charge is 0.326 e. The first kappa shape index (κ1) is 14.6. The molecule has 112 valence electrons. The molecule has 5 heteroatoms. The number of anilines is 1. The molecule has 0 spiro atoms. The topological polar surface area (TPSA) is 46.9 Å². The van der Waals surface area contributed by atoms with Crippen molar-refractivity contribution in [2.24, 2.45) is 0 Å². The smallest absolute Gasteiger partial charge is 0.226 e. The lowest BCUT2D eigenvalue weighted by Gasteiger charge is -2.06. The van der Waals surface area contributed by atoms with Crippen molar-refractivity contribution in [2.45, 2.75) is 19.9 Å². The Balaban J connectivity index is 1.63. The summed E-state index contributed by atoms with van der Waals surface area (Å²) in [7, 11) is 0. The van der Waals surface area contributed by atoms with Crippen molar-refractivity contribution in [2.75, 3.05) is 5.32 Å². The molecule has 0 aliphatic heterocycles. The van der Waals surface area contributed by atoms with Crippen molar-refractivity contribution < 1.29 is 4.79 Å². The van der Waals surface area contributed by atoms with Gasteiger partial charge in [-0.25, -0.2) is 0 Å². The van der Waals surface area contributed by atoms with Gasteiger partial charge in [0.05, 0.1) is 18.3 Å². The fourth-order valence-corrected chi connectivity index (χ4v) is 2.48. The number of carbonyl (C=O) groups is 1. The van der Waals surface area contributed by atoms with Crippen LogP contribution < -0.4 is 5.32 Å². The standard InChI is InChI=1S/C17H16ClN3O/c1-12-2-5-15(6-3-12)20-17(22)8-9-21-16-7-4-14(18)10-13(16)11-19-21/h2-7,10-11H,8-9H2,1H3,(H,20,22). The molecule has 0 aliphatic rings. The summed E-state index contributed by atoms with van der Waals surface area (Å²) in [5, 5.41) is 8.86. The lowest BCUT2D eigenvalue weighted by Crippen LogP contribution is -2.14. The molecule has 0 radical (unpaired) electrons. The number of aryl methyl sites for hydroxylation is 2. The zero-order valence-electron chi connectivity index (χ0n) is 12.2. The molecule has 3 aromatic rings. The predicted molar refractivity (Wildman–Crippen MR) is 89.2 cm³/mol. The first-order valence-electron chi connectivity index (χ1n) is 7.09. The molecule has 0 saturated heterocycles. The Morgan fingerprint density at radius 2 is 2.00 bits per heavy atom. The van der Waals surface area contributed by atoms with Crippen molar-refractivity contribution in [1.29, 1.82) is 0 Å². The van der Waals surface area contributed by atoms with Crippen LogP contribution in [0.3, 0.4) is 0 Å². The molecule has 22 heavy (non-hydrogen) atoms. The van der Waals surface area contributed by atoms with E-state index in [1.54, 1.807) is 6.20 Å². The highest BCUT2D eigenvalue weighted by Crippen LogP contribution is 2.19. The number of benzene rings is 2. The third-order valence-corrected chi connectivity index (χ3v) is 3.72. The van der Waals surface area contributed by atoms with E-state index >= 15 is 0 Å². The summed E-state index contributed by atoms with van der Waals surface area (Å²) >= 11 is 5.96. The number of halogens is 1. The average molecular weight is 314 g/mol. The monoisotopic (exact) mass is 313 g/mol. The zero-order valence-corrected chi connectivity index (χ0v) is 13.0. The Hall–Kier alpha value is -2.33. The second-order valence-electron chi connectivity index (χ2n) is 5.24. The van der Waals surface area contributed by atoms with E-state index in [2.05, 4.69) is 10.4 Å². The first-order valence-corrected chi connectivity index (χ1v) is 7.47. The molecule has 0 fully saturated rings. The molecule has 1 amide bonds. The quantitative estimate of drug-likeness (QED) is 0.790. The van der Waals surface area contributed by atoms with Gasteiger partial charge in [0, 0.05) is 22.5 Å². The fraction of sp³-hybridized carbons (Fsp3) is 0.176. The van der Waals surface area contributed by atoms with Gasteiger partial charge in [-0.2, -0.15) is 5.10 Å². The minimum absolute atomic E-state index is 0.0264. The normalized spacial score (nSPS) is 10.8. The minimum Gasteiger partial charge on any atom is -0.326 e. The number of fused-ring (bicyclic) bond motifs is 1. The van der Waals surface area contributed by atoms with E-state index in [9.17, 15) is 4.79 Å². The van der Waals surface area contributed by atoms with Crippen molar-refractivity contribution in [3.05, 3.63) is 59.2 Å². The maximum absolute atomic E-state index is 12.0. The van der Waals surface area contributed by atoms with Crippen molar-refractivity contribution >= 4 is 34.1 Å². The number of carbonyl (C=O) groups excluding carboxylic acids is 1. The molecule has 3 rings (SSSR count). The summed E-state index contributed by atoms with van der Waals surface area (Å²) in [4.78, 5) is 12.0. The molecular weight excluding hydrogens is 298 g/mol. The number of rotatable bonds is 4. The number of hydrogen-bond acceptors (Lipinski definition) is 2. The van der Waals surface area contributed by atoms with Crippen LogP contribution in [0.2, 0.25) is 5.02 Å². The molecule has 0 saturated carbocycles. The highest BCUT2D eigenvalue weighted by molar-refractivity contribution is 6.31. The molecule has 0 unspecified atom stereocenters. The van der Waals surface area contributed by atoms with E-state index < -0.39 is 0 Å². The third kappa shape index (κ3) is 3.28. The number of nitrogens with one attached hydrogen (secondary N) is 1. The molecule has 2 aromatic carbocycles. The van der Waals surface area contributed by atoms with Gasteiger partial charge in [0.25, 0.3) is 0 Å². The maximum Gasteiger partial charge on any atom is 0.226 e. The molecule has 1 N–H and O–H groups in total. The van der Waals surface area contributed by atoms with Gasteiger partial charge in [0.2, 0.25) is 5.91 Å². The van der Waals surface area contributed by atoms with Gasteiger partial charge in [-0.3, -0.25) is 9.48 Å². The van der Waals surface area contributed by atoms with E-state index in [-0.39, 0.29) is 5.91 Å². The number of hydrogen-bond donors (Lipinski definition) is 1. The lowest BCUT2D eigenvalue weighted by atomic mass is 10.2. The van der Waals surface area contributed by atoms with Crippen LogP contribution >= 0.6 is 11.6 Å². The van der Waals surface area contributed by atoms with E-state index in [1.165, 1.54) is 5.56 Å². The first-order chi connectivity index (χ1) is 10.6. The van der Waals surface area contributed by atoms with Crippen LogP contribution in [0.4, 0.5) is 5.69 Å². The average Bonchev–Trinajstić information content (AvgIpc) is 2.89. The predicted octanol–water partition coefficient (Wildman–Crippen LogP) is 4.03. The second-order valence-corrected chi connectivity index (χ2v) is 5.67. The van der Waals surface area contributed by atoms with Crippen molar-refractivity contribution in [1.82, 2.24) is 9.78 Å². The summed E-state index contributed by atoms with van der Waals surface area (Å²) in [5.74, 6) is -0.0264. The van der Waals surface area contributed by atoms with Crippen LogP contribution in [0.25, 0.3) is 10.9 Å². The van der Waals surface area contributed by atoms with E-state index in [4.69, 9.17) is 11.6 Å². The number of aromatic nitrogens is 2. The van der Waals surface area contributed by atoms with Crippen LogP contribution in [0.15, 0.2) is 48.7 Å². The molecule has 0 atom stereocenters. The number of amides is 1. The zero-order chi connectivity index (χ0) is 15.5. The van der Waals surface area contributed by atoms with E-state index in [0.29, 0.717) is 18.0 Å². The summed E-state index contributed by atoms with van der Waals surface area (Å²) in [6.45, 7) is 2.55. The van der Waals surface area contributed by atoms with Crippen LogP contribution in [0.5, 0.6) is 0 Å². The Labute approximate surface area is 133 Å². The summed E-state index contributed by atoms with van der Waals surface area (Å²) in [5.41, 5.74) is 2.96. The molecule has 4 nitrogen and oxygen atoms in total. The highest BCUT2D eigenvalue weighted by Gasteiger charge is 2.07. The maximum atomic E-state index is 12.0. The number of nitrogens with zero attached hydrogens (tertiary/aromatic N) is 2. The molecule has 0 bridgehead atoms. The van der Waals surface area contributed by atoms with E-state index in [1.807, 2.05) is 54.1 Å². The van der Waals surface area contributed by atoms with Gasteiger partial charge >= 0.3 is 0 Å². The fourth-order valence-electron chi connectivity index (χ4n) is 2.30. The molecule has 0 aliphatic carbocycles. The highest BCUT2D eigenvalue weighted by atomic mass is 35.5. The lowest BCUT2D eigenvalue weighted by molar-refractivity contribution is -0.116. The van der Waals surface area contributed by atoms with Gasteiger partial charge in [-0.1, -0.05) is 29.3 Å². The van der Waals surface area contributed by atoms with E-state index in [0.717, 1.165) is 16.6 Å². The molecule has 1 heterocycles. The second kappa shape index (κ2) is 6.20. The van der Waals surface area contributed by atoms with Gasteiger partial charge in [-0.05, 0) is 37.3 Å². The van der Waals surface area contributed by atoms with Crippen molar-refractivity contribution in [3.8, 4) is 0 Å². The SMILES string of the molecule is Cc1ccc(NC(=O)CCn2ncc3cc(Cl)ccc32)cc1. The minimum atomic E-state index is -0.0264. The molecule has 1 aromatic heterocycles. The summed E-state index contributed by atoms with van der Waals surface area (Å²) in [6, 6.07) is 13.4.